The molecule has 3 atom stereocenters. The SMILES string of the molecule is Cc1ncsc1-c1ccc(CNC(=O)[C@@H]2C[C@@H](O)CN2C(=O)[C@@H](NC(=O)COCC2CCC(c3ccc(C(=O)N[C@H]4C(C)(C)[C@H](Oc5ccc(C#N)c(Cl)c5)C4(C)C)cc3)CC2)C(C)(C)C)cc1. The Kier molecular flexibility index (Phi) is 15.4. The Bertz CT molecular complexity index is 2490. The number of likely N-dealkylation sites (tertiary alicyclic amines) is 1. The van der Waals surface area contributed by atoms with Gasteiger partial charge in [-0.2, -0.15) is 5.26 Å². The van der Waals surface area contributed by atoms with Crippen LogP contribution in [0, 0.1) is 40.4 Å². The number of carbonyl (C=O) groups excluding carboxylic acids is 4. The van der Waals surface area contributed by atoms with Crippen LogP contribution in [0.3, 0.4) is 0 Å². The Morgan fingerprint density at radius 1 is 0.985 bits per heavy atom. The van der Waals surface area contributed by atoms with Gasteiger partial charge in [0.15, 0.2) is 0 Å². The van der Waals surface area contributed by atoms with Crippen LogP contribution in [0.1, 0.15) is 119 Å². The third-order valence-electron chi connectivity index (χ3n) is 14.2. The van der Waals surface area contributed by atoms with Crippen molar-refractivity contribution in [1.29, 1.82) is 5.26 Å². The fourth-order valence-corrected chi connectivity index (χ4v) is 11.7. The number of amides is 4. The lowest BCUT2D eigenvalue weighted by Gasteiger charge is -2.63. The standard InChI is InChI=1S/C53H65ClN6O7S/c1-31-44(68-30-57-31)36-15-9-32(10-16-36)26-56-47(64)42-23-39(61)27-60(42)48(65)45(51(2,3)4)58-43(62)29-66-28-33-11-13-34(14-12-33)35-17-19-37(20-18-35)46(63)59-49-52(5,6)50(53(49,7)8)67-40-22-21-38(25-55)41(54)24-40/h9-10,15-22,24,30,33-34,39,42,45,49-50,61H,11-14,23,26-29H2,1-8H3,(H,56,64)(H,58,62)(H,59,63)/t33?,34?,39-,42+,45-,49-,50-/m1/s1. The lowest BCUT2D eigenvalue weighted by Crippen LogP contribution is -2.74. The summed E-state index contributed by atoms with van der Waals surface area (Å²) in [4.78, 5) is 61.2. The first-order chi connectivity index (χ1) is 32.2. The van der Waals surface area contributed by atoms with E-state index in [2.05, 4.69) is 54.7 Å². The summed E-state index contributed by atoms with van der Waals surface area (Å²) >= 11 is 7.84. The molecule has 362 valence electrons. The highest BCUT2D eigenvalue weighted by atomic mass is 35.5. The summed E-state index contributed by atoms with van der Waals surface area (Å²) in [7, 11) is 0. The lowest BCUT2D eigenvalue weighted by atomic mass is 9.49. The van der Waals surface area contributed by atoms with Crippen LogP contribution in [0.25, 0.3) is 10.4 Å². The molecule has 1 saturated heterocycles. The molecule has 0 spiro atoms. The smallest absolute Gasteiger partial charge is 0.251 e. The number of benzene rings is 3. The summed E-state index contributed by atoms with van der Waals surface area (Å²) in [5.74, 6) is -0.112. The Hall–Kier alpha value is -5.33. The van der Waals surface area contributed by atoms with E-state index in [-0.39, 0.29) is 66.8 Å². The van der Waals surface area contributed by atoms with E-state index in [4.69, 9.17) is 21.1 Å². The summed E-state index contributed by atoms with van der Waals surface area (Å²) in [5, 5.41) is 29.3. The van der Waals surface area contributed by atoms with Crippen molar-refractivity contribution in [3.05, 3.63) is 105 Å². The molecule has 1 aliphatic heterocycles. The van der Waals surface area contributed by atoms with E-state index in [0.717, 1.165) is 47.4 Å². The van der Waals surface area contributed by atoms with E-state index in [1.807, 2.05) is 81.7 Å². The summed E-state index contributed by atoms with van der Waals surface area (Å²) in [6, 6.07) is 20.9. The third kappa shape index (κ3) is 11.2. The van der Waals surface area contributed by atoms with E-state index in [1.54, 1.807) is 29.5 Å². The number of aryl methyl sites for hydroxylation is 1. The van der Waals surface area contributed by atoms with Crippen molar-refractivity contribution < 1.29 is 33.8 Å². The monoisotopic (exact) mass is 964 g/mol. The third-order valence-corrected chi connectivity index (χ3v) is 15.5. The van der Waals surface area contributed by atoms with Gasteiger partial charge in [-0.3, -0.25) is 19.2 Å². The van der Waals surface area contributed by atoms with Crippen LogP contribution >= 0.6 is 22.9 Å². The topological polar surface area (TPSA) is 183 Å². The Balaban J connectivity index is 0.842. The largest absolute Gasteiger partial charge is 0.489 e. The molecule has 3 aliphatic rings. The first-order valence-corrected chi connectivity index (χ1v) is 24.8. The molecule has 15 heteroatoms. The molecular weight excluding hydrogens is 900 g/mol. The highest BCUT2D eigenvalue weighted by molar-refractivity contribution is 7.13. The van der Waals surface area contributed by atoms with Crippen LogP contribution in [0.2, 0.25) is 5.02 Å². The minimum absolute atomic E-state index is 0.00453. The molecule has 3 fully saturated rings. The quantitative estimate of drug-likeness (QED) is 0.0910. The molecule has 4 amide bonds. The van der Waals surface area contributed by atoms with Crippen molar-refractivity contribution >= 4 is 46.6 Å². The molecular formula is C53H65ClN6O7S. The van der Waals surface area contributed by atoms with E-state index in [1.165, 1.54) is 10.5 Å². The van der Waals surface area contributed by atoms with Crippen molar-refractivity contribution in [1.82, 2.24) is 25.8 Å². The molecule has 4 aromatic rings. The molecule has 0 bridgehead atoms. The molecule has 2 saturated carbocycles. The summed E-state index contributed by atoms with van der Waals surface area (Å²) < 4.78 is 12.3. The maximum atomic E-state index is 14.1. The van der Waals surface area contributed by atoms with Gasteiger partial charge in [-0.15, -0.1) is 11.3 Å². The van der Waals surface area contributed by atoms with Crippen molar-refractivity contribution in [2.75, 3.05) is 19.8 Å². The minimum Gasteiger partial charge on any atom is -0.489 e. The number of carbonyl (C=O) groups is 4. The number of hydrogen-bond acceptors (Lipinski definition) is 10. The summed E-state index contributed by atoms with van der Waals surface area (Å²) in [6.07, 6.45) is 2.82. The Morgan fingerprint density at radius 2 is 1.66 bits per heavy atom. The second kappa shape index (κ2) is 20.7. The normalized spacial score (nSPS) is 23.4. The molecule has 4 N–H and O–H groups in total. The highest BCUT2D eigenvalue weighted by Gasteiger charge is 2.64. The number of nitrogens with zero attached hydrogens (tertiary/aromatic N) is 3. The Morgan fingerprint density at radius 3 is 2.26 bits per heavy atom. The van der Waals surface area contributed by atoms with Gasteiger partial charge in [-0.25, -0.2) is 4.98 Å². The first-order valence-electron chi connectivity index (χ1n) is 23.6. The van der Waals surface area contributed by atoms with Gasteiger partial charge in [0, 0.05) is 48.0 Å². The maximum absolute atomic E-state index is 14.1. The lowest BCUT2D eigenvalue weighted by molar-refractivity contribution is -0.164. The molecule has 3 aromatic carbocycles. The maximum Gasteiger partial charge on any atom is 0.251 e. The second-order valence-electron chi connectivity index (χ2n) is 21.1. The van der Waals surface area contributed by atoms with Crippen molar-refractivity contribution in [2.24, 2.45) is 22.2 Å². The number of halogens is 1. The van der Waals surface area contributed by atoms with Gasteiger partial charge >= 0.3 is 0 Å². The van der Waals surface area contributed by atoms with Crippen LogP contribution < -0.4 is 20.7 Å². The van der Waals surface area contributed by atoms with E-state index in [0.29, 0.717) is 34.4 Å². The average Bonchev–Trinajstić information content (AvgIpc) is 3.93. The van der Waals surface area contributed by atoms with Gasteiger partial charge < -0.3 is 35.4 Å². The fraction of sp³-hybridized carbons (Fsp3) is 0.509. The van der Waals surface area contributed by atoms with Crippen LogP contribution in [0.5, 0.6) is 5.75 Å². The number of rotatable bonds is 15. The van der Waals surface area contributed by atoms with Gasteiger partial charge in [0.1, 0.15) is 36.6 Å². The van der Waals surface area contributed by atoms with Gasteiger partial charge in [0.2, 0.25) is 17.7 Å². The van der Waals surface area contributed by atoms with Crippen LogP contribution in [-0.4, -0.2) is 88.7 Å². The highest BCUT2D eigenvalue weighted by Crippen LogP contribution is 2.55. The zero-order valence-electron chi connectivity index (χ0n) is 40.4. The van der Waals surface area contributed by atoms with Gasteiger partial charge in [0.25, 0.3) is 5.91 Å². The number of β-amino-alcohol motifs (C(OH)–C–C–N with tert-alkyl or cyclic N) is 1. The number of aromatic nitrogens is 1. The number of aliphatic hydroxyl groups is 1. The molecule has 13 nitrogen and oxygen atoms in total. The number of nitrogens with one attached hydrogen (secondary N) is 3. The fourth-order valence-electron chi connectivity index (χ4n) is 10.7. The van der Waals surface area contributed by atoms with Gasteiger partial charge in [0.05, 0.1) is 39.4 Å². The average molecular weight is 966 g/mol. The minimum atomic E-state index is -0.944. The second-order valence-corrected chi connectivity index (χ2v) is 22.4. The number of nitriles is 1. The van der Waals surface area contributed by atoms with Gasteiger partial charge in [-0.05, 0) is 90.8 Å². The van der Waals surface area contributed by atoms with E-state index in [9.17, 15) is 29.5 Å². The Labute approximate surface area is 409 Å². The molecule has 7 rings (SSSR count). The number of thiazole rings is 1. The van der Waals surface area contributed by atoms with Crippen molar-refractivity contribution in [2.45, 2.75) is 130 Å². The summed E-state index contributed by atoms with van der Waals surface area (Å²) in [6.45, 7) is 16.4. The molecule has 0 radical (unpaired) electrons. The van der Waals surface area contributed by atoms with Crippen LogP contribution in [-0.2, 0) is 25.7 Å². The number of hydrogen-bond donors (Lipinski definition) is 4. The predicted molar refractivity (Wildman–Crippen MR) is 263 cm³/mol. The van der Waals surface area contributed by atoms with E-state index >= 15 is 0 Å². The molecule has 2 aliphatic carbocycles. The first kappa shape index (κ1) is 50.5. The van der Waals surface area contributed by atoms with Crippen LogP contribution in [0.4, 0.5) is 0 Å². The van der Waals surface area contributed by atoms with E-state index < -0.39 is 35.4 Å². The molecule has 1 aromatic heterocycles. The zero-order valence-corrected chi connectivity index (χ0v) is 41.9. The number of aliphatic hydroxyl groups excluding tert-OH is 1. The van der Waals surface area contributed by atoms with Crippen molar-refractivity contribution in [3.8, 4) is 22.3 Å². The van der Waals surface area contributed by atoms with Crippen molar-refractivity contribution in [3.63, 3.8) is 0 Å². The molecule has 2 heterocycles. The molecule has 0 unspecified atom stereocenters. The predicted octanol–water partition coefficient (Wildman–Crippen LogP) is 8.36. The van der Waals surface area contributed by atoms with Crippen LogP contribution in [0.15, 0.2) is 72.2 Å². The molecule has 68 heavy (non-hydrogen) atoms. The summed E-state index contributed by atoms with van der Waals surface area (Å²) in [5.41, 5.74) is 5.48. The number of ether oxygens (including phenoxy) is 2. The zero-order chi connectivity index (χ0) is 49.1. The van der Waals surface area contributed by atoms with Gasteiger partial charge in [-0.1, -0.05) is 96.5 Å².